The maximum atomic E-state index is 9.09. The zero-order valence-corrected chi connectivity index (χ0v) is 10.5. The van der Waals surface area contributed by atoms with E-state index in [2.05, 4.69) is 11.4 Å². The second-order valence-electron chi connectivity index (χ2n) is 5.38. The van der Waals surface area contributed by atoms with E-state index in [0.717, 1.165) is 30.7 Å². The summed E-state index contributed by atoms with van der Waals surface area (Å²) in [5.41, 5.74) is 1.84. The largest absolute Gasteiger partial charge is 0.381 e. The second kappa shape index (κ2) is 4.62. The number of hydrogen-bond donors (Lipinski definition) is 1. The SMILES string of the molecule is N#Cc1ccccc1NC1CCOC2(CCC2)C1. The first kappa shape index (κ1) is 11.6. The summed E-state index contributed by atoms with van der Waals surface area (Å²) in [5.74, 6) is 0. The molecule has 2 fully saturated rings. The third kappa shape index (κ3) is 2.09. The molecule has 0 radical (unpaired) electrons. The highest BCUT2D eigenvalue weighted by Gasteiger charge is 2.42. The van der Waals surface area contributed by atoms with Crippen LogP contribution in [0.2, 0.25) is 0 Å². The lowest BCUT2D eigenvalue weighted by Crippen LogP contribution is -2.49. The standard InChI is InChI=1S/C15H18N2O/c16-11-12-4-1-2-5-14(12)17-13-6-9-18-15(10-13)7-3-8-15/h1-2,4-5,13,17H,3,6-10H2. The Morgan fingerprint density at radius 3 is 2.89 bits per heavy atom. The van der Waals surface area contributed by atoms with Crippen molar-refractivity contribution in [1.82, 2.24) is 0 Å². The molecule has 0 aromatic heterocycles. The van der Waals surface area contributed by atoms with Gasteiger partial charge in [0.2, 0.25) is 0 Å². The van der Waals surface area contributed by atoms with E-state index >= 15 is 0 Å². The molecule has 1 aliphatic carbocycles. The van der Waals surface area contributed by atoms with Crippen molar-refractivity contribution < 1.29 is 4.74 Å². The average Bonchev–Trinajstić information content (AvgIpc) is 2.38. The van der Waals surface area contributed by atoms with Crippen LogP contribution in [0.3, 0.4) is 0 Å². The Hall–Kier alpha value is -1.53. The van der Waals surface area contributed by atoms with Crippen molar-refractivity contribution >= 4 is 5.69 Å². The molecule has 0 amide bonds. The number of nitrogens with one attached hydrogen (secondary N) is 1. The third-order valence-corrected chi connectivity index (χ3v) is 4.16. The molecule has 2 aliphatic rings. The van der Waals surface area contributed by atoms with Gasteiger partial charge in [0.1, 0.15) is 6.07 Å². The first-order valence-corrected chi connectivity index (χ1v) is 6.71. The molecule has 3 nitrogen and oxygen atoms in total. The van der Waals surface area contributed by atoms with E-state index in [0.29, 0.717) is 6.04 Å². The van der Waals surface area contributed by atoms with Crippen molar-refractivity contribution in [2.45, 2.75) is 43.7 Å². The van der Waals surface area contributed by atoms with Crippen LogP contribution in [0.1, 0.15) is 37.7 Å². The summed E-state index contributed by atoms with van der Waals surface area (Å²) in [7, 11) is 0. The summed E-state index contributed by atoms with van der Waals surface area (Å²) in [6.45, 7) is 0.840. The predicted octanol–water partition coefficient (Wildman–Crippen LogP) is 3.07. The molecular formula is C15H18N2O. The molecule has 94 valence electrons. The van der Waals surface area contributed by atoms with Crippen molar-refractivity contribution in [3.63, 3.8) is 0 Å². The van der Waals surface area contributed by atoms with Crippen molar-refractivity contribution in [1.29, 1.82) is 5.26 Å². The molecule has 1 spiro atoms. The number of ether oxygens (including phenoxy) is 1. The third-order valence-electron chi connectivity index (χ3n) is 4.16. The summed E-state index contributed by atoms with van der Waals surface area (Å²) in [4.78, 5) is 0. The number of hydrogen-bond acceptors (Lipinski definition) is 3. The molecule has 0 bridgehead atoms. The number of nitrogens with zero attached hydrogens (tertiary/aromatic N) is 1. The Bertz CT molecular complexity index is 474. The molecular weight excluding hydrogens is 224 g/mol. The molecule has 18 heavy (non-hydrogen) atoms. The van der Waals surface area contributed by atoms with Crippen molar-refractivity contribution in [2.24, 2.45) is 0 Å². The molecule has 1 aromatic carbocycles. The fourth-order valence-electron chi connectivity index (χ4n) is 3.00. The van der Waals surface area contributed by atoms with Gasteiger partial charge in [-0.2, -0.15) is 5.26 Å². The zero-order chi connectivity index (χ0) is 12.4. The van der Waals surface area contributed by atoms with Gasteiger partial charge in [0.05, 0.1) is 16.9 Å². The summed E-state index contributed by atoms with van der Waals surface area (Å²) < 4.78 is 5.92. The van der Waals surface area contributed by atoms with Crippen LogP contribution in [0.15, 0.2) is 24.3 Å². The van der Waals surface area contributed by atoms with E-state index in [4.69, 9.17) is 10.00 Å². The van der Waals surface area contributed by atoms with Crippen molar-refractivity contribution in [2.75, 3.05) is 11.9 Å². The minimum absolute atomic E-state index is 0.150. The van der Waals surface area contributed by atoms with Gasteiger partial charge >= 0.3 is 0 Å². The number of benzene rings is 1. The van der Waals surface area contributed by atoms with E-state index in [-0.39, 0.29) is 5.60 Å². The summed E-state index contributed by atoms with van der Waals surface area (Å²) in [6.07, 6.45) is 5.80. The topological polar surface area (TPSA) is 45.0 Å². The molecule has 1 aromatic rings. The molecule has 1 atom stereocenters. The van der Waals surface area contributed by atoms with Crippen LogP contribution in [-0.4, -0.2) is 18.2 Å². The van der Waals surface area contributed by atoms with Gasteiger partial charge < -0.3 is 10.1 Å². The highest BCUT2D eigenvalue weighted by atomic mass is 16.5. The lowest BCUT2D eigenvalue weighted by Gasteiger charge is -2.47. The fraction of sp³-hybridized carbons (Fsp3) is 0.533. The van der Waals surface area contributed by atoms with Gasteiger partial charge in [-0.1, -0.05) is 12.1 Å². The van der Waals surface area contributed by atoms with E-state index in [1.807, 2.05) is 24.3 Å². The summed E-state index contributed by atoms with van der Waals surface area (Å²) in [5, 5.41) is 12.6. The molecule has 1 aliphatic heterocycles. The summed E-state index contributed by atoms with van der Waals surface area (Å²) >= 11 is 0. The number of rotatable bonds is 2. The van der Waals surface area contributed by atoms with Gasteiger partial charge in [0.25, 0.3) is 0 Å². The van der Waals surface area contributed by atoms with E-state index in [1.165, 1.54) is 19.3 Å². The Morgan fingerprint density at radius 1 is 1.33 bits per heavy atom. The lowest BCUT2D eigenvalue weighted by molar-refractivity contribution is -0.130. The number of para-hydroxylation sites is 1. The molecule has 1 saturated heterocycles. The number of nitriles is 1. The van der Waals surface area contributed by atoms with Crippen LogP contribution >= 0.6 is 0 Å². The molecule has 3 rings (SSSR count). The smallest absolute Gasteiger partial charge is 0.101 e. The number of anilines is 1. The Labute approximate surface area is 108 Å². The van der Waals surface area contributed by atoms with Crippen molar-refractivity contribution in [3.05, 3.63) is 29.8 Å². The van der Waals surface area contributed by atoms with E-state index in [1.54, 1.807) is 0 Å². The minimum atomic E-state index is 0.150. The molecule has 1 unspecified atom stereocenters. The Morgan fingerprint density at radius 2 is 2.17 bits per heavy atom. The van der Waals surface area contributed by atoms with Crippen LogP contribution in [0.25, 0.3) is 0 Å². The van der Waals surface area contributed by atoms with Gasteiger partial charge in [0, 0.05) is 12.6 Å². The average molecular weight is 242 g/mol. The Balaban J connectivity index is 1.70. The molecule has 3 heteroatoms. The van der Waals surface area contributed by atoms with Crippen LogP contribution < -0.4 is 5.32 Å². The van der Waals surface area contributed by atoms with Gasteiger partial charge in [-0.05, 0) is 44.2 Å². The van der Waals surface area contributed by atoms with E-state index in [9.17, 15) is 0 Å². The van der Waals surface area contributed by atoms with Gasteiger partial charge in [-0.15, -0.1) is 0 Å². The fourth-order valence-corrected chi connectivity index (χ4v) is 3.00. The highest BCUT2D eigenvalue weighted by molar-refractivity contribution is 5.57. The van der Waals surface area contributed by atoms with Crippen LogP contribution in [0.5, 0.6) is 0 Å². The quantitative estimate of drug-likeness (QED) is 0.866. The first-order chi connectivity index (χ1) is 8.81. The predicted molar refractivity (Wildman–Crippen MR) is 70.3 cm³/mol. The molecule has 1 N–H and O–H groups in total. The second-order valence-corrected chi connectivity index (χ2v) is 5.38. The van der Waals surface area contributed by atoms with E-state index < -0.39 is 0 Å². The first-order valence-electron chi connectivity index (χ1n) is 6.71. The molecule has 1 heterocycles. The molecule has 1 saturated carbocycles. The highest BCUT2D eigenvalue weighted by Crippen LogP contribution is 2.42. The van der Waals surface area contributed by atoms with Crippen LogP contribution in [0.4, 0.5) is 5.69 Å². The zero-order valence-electron chi connectivity index (χ0n) is 10.5. The lowest BCUT2D eigenvalue weighted by atomic mass is 9.74. The maximum absolute atomic E-state index is 9.09. The maximum Gasteiger partial charge on any atom is 0.101 e. The minimum Gasteiger partial charge on any atom is -0.381 e. The van der Waals surface area contributed by atoms with Gasteiger partial charge in [0.15, 0.2) is 0 Å². The Kier molecular flexibility index (Phi) is 2.97. The van der Waals surface area contributed by atoms with Crippen LogP contribution in [-0.2, 0) is 4.74 Å². The monoisotopic (exact) mass is 242 g/mol. The van der Waals surface area contributed by atoms with Gasteiger partial charge in [-0.3, -0.25) is 0 Å². The van der Waals surface area contributed by atoms with Crippen molar-refractivity contribution in [3.8, 4) is 6.07 Å². The van der Waals surface area contributed by atoms with Gasteiger partial charge in [-0.25, -0.2) is 0 Å². The van der Waals surface area contributed by atoms with Crippen LogP contribution in [0, 0.1) is 11.3 Å². The summed E-state index contributed by atoms with van der Waals surface area (Å²) in [6, 6.07) is 10.4. The normalized spacial score (nSPS) is 25.2.